The van der Waals surface area contributed by atoms with Gasteiger partial charge < -0.3 is 5.32 Å². The molecule has 1 atom stereocenters. The highest BCUT2D eigenvalue weighted by Gasteiger charge is 2.54. The monoisotopic (exact) mass is 315 g/mol. The summed E-state index contributed by atoms with van der Waals surface area (Å²) in [4.78, 5) is 0. The SMILES string of the molecule is CCNCC1CCCCN1S(=O)(=O)NCC1(C2CC2)CC1. The Bertz CT molecular complexity index is 458. The summed E-state index contributed by atoms with van der Waals surface area (Å²) in [5.74, 6) is 0.791. The van der Waals surface area contributed by atoms with Gasteiger partial charge in [-0.15, -0.1) is 0 Å². The first kappa shape index (κ1) is 15.7. The first-order chi connectivity index (χ1) is 10.1. The number of nitrogens with zero attached hydrogens (tertiary/aromatic N) is 1. The molecule has 6 heteroatoms. The van der Waals surface area contributed by atoms with Gasteiger partial charge in [0.2, 0.25) is 0 Å². The molecule has 122 valence electrons. The molecular weight excluding hydrogens is 286 g/mol. The molecule has 21 heavy (non-hydrogen) atoms. The minimum Gasteiger partial charge on any atom is -0.315 e. The van der Waals surface area contributed by atoms with Crippen LogP contribution in [0, 0.1) is 11.3 Å². The number of hydrogen-bond donors (Lipinski definition) is 2. The van der Waals surface area contributed by atoms with E-state index in [0.717, 1.165) is 38.3 Å². The maximum absolute atomic E-state index is 12.7. The van der Waals surface area contributed by atoms with Gasteiger partial charge >= 0.3 is 0 Å². The number of hydrogen-bond acceptors (Lipinski definition) is 3. The number of rotatable bonds is 8. The Morgan fingerprint density at radius 2 is 1.95 bits per heavy atom. The van der Waals surface area contributed by atoms with Crippen LogP contribution in [0.5, 0.6) is 0 Å². The Kier molecular flexibility index (Phi) is 4.60. The quantitative estimate of drug-likeness (QED) is 0.713. The van der Waals surface area contributed by atoms with Crippen molar-refractivity contribution < 1.29 is 8.42 Å². The van der Waals surface area contributed by atoms with Crippen molar-refractivity contribution in [1.29, 1.82) is 0 Å². The summed E-state index contributed by atoms with van der Waals surface area (Å²) in [6.45, 7) is 5.05. The van der Waals surface area contributed by atoms with Crippen LogP contribution in [-0.2, 0) is 10.2 Å². The van der Waals surface area contributed by atoms with Crippen LogP contribution in [0.2, 0.25) is 0 Å². The molecule has 3 aliphatic rings. The summed E-state index contributed by atoms with van der Waals surface area (Å²) in [7, 11) is -3.32. The lowest BCUT2D eigenvalue weighted by atomic mass is 10.0. The van der Waals surface area contributed by atoms with E-state index in [1.165, 1.54) is 25.7 Å². The molecule has 3 rings (SSSR count). The second kappa shape index (κ2) is 6.14. The Morgan fingerprint density at radius 1 is 1.19 bits per heavy atom. The Balaban J connectivity index is 1.59. The highest BCUT2D eigenvalue weighted by Crippen LogP contribution is 2.60. The third-order valence-corrected chi connectivity index (χ3v) is 7.06. The van der Waals surface area contributed by atoms with E-state index in [4.69, 9.17) is 0 Å². The van der Waals surface area contributed by atoms with Crippen LogP contribution >= 0.6 is 0 Å². The van der Waals surface area contributed by atoms with Gasteiger partial charge in [0.1, 0.15) is 0 Å². The van der Waals surface area contributed by atoms with Crippen LogP contribution in [0.1, 0.15) is 51.9 Å². The zero-order chi connectivity index (χ0) is 14.9. The fourth-order valence-electron chi connectivity index (χ4n) is 3.71. The maximum atomic E-state index is 12.7. The van der Waals surface area contributed by atoms with Crippen LogP contribution in [-0.4, -0.2) is 44.9 Å². The summed E-state index contributed by atoms with van der Waals surface area (Å²) >= 11 is 0. The predicted molar refractivity (Wildman–Crippen MR) is 84.2 cm³/mol. The maximum Gasteiger partial charge on any atom is 0.279 e. The van der Waals surface area contributed by atoms with Gasteiger partial charge in [0.05, 0.1) is 0 Å². The molecule has 3 fully saturated rings. The molecular formula is C15H29N3O2S. The molecule has 2 N–H and O–H groups in total. The third-order valence-electron chi connectivity index (χ3n) is 5.45. The van der Waals surface area contributed by atoms with Crippen molar-refractivity contribution in [3.63, 3.8) is 0 Å². The lowest BCUT2D eigenvalue weighted by Crippen LogP contribution is -2.53. The van der Waals surface area contributed by atoms with E-state index < -0.39 is 10.2 Å². The minimum absolute atomic E-state index is 0.118. The molecule has 0 aromatic heterocycles. The molecule has 2 saturated carbocycles. The number of piperidine rings is 1. The van der Waals surface area contributed by atoms with Crippen LogP contribution in [0.25, 0.3) is 0 Å². The summed E-state index contributed by atoms with van der Waals surface area (Å²) in [6.07, 6.45) is 8.11. The molecule has 0 amide bonds. The van der Waals surface area contributed by atoms with Crippen molar-refractivity contribution in [3.8, 4) is 0 Å². The van der Waals surface area contributed by atoms with E-state index in [-0.39, 0.29) is 6.04 Å². The fourth-order valence-corrected chi connectivity index (χ4v) is 5.29. The predicted octanol–water partition coefficient (Wildman–Crippen LogP) is 1.47. The first-order valence-electron chi connectivity index (χ1n) is 8.54. The Labute approximate surface area is 129 Å². The van der Waals surface area contributed by atoms with Gasteiger partial charge in [-0.3, -0.25) is 0 Å². The van der Waals surface area contributed by atoms with E-state index in [0.29, 0.717) is 18.5 Å². The highest BCUT2D eigenvalue weighted by atomic mass is 32.2. The van der Waals surface area contributed by atoms with E-state index in [1.807, 2.05) is 0 Å². The smallest absolute Gasteiger partial charge is 0.279 e. The normalized spacial score (nSPS) is 29.5. The lowest BCUT2D eigenvalue weighted by molar-refractivity contribution is 0.242. The van der Waals surface area contributed by atoms with Crippen molar-refractivity contribution in [2.24, 2.45) is 11.3 Å². The molecule has 0 bridgehead atoms. The van der Waals surface area contributed by atoms with Gasteiger partial charge in [0.15, 0.2) is 0 Å². The van der Waals surface area contributed by atoms with Gasteiger partial charge in [-0.2, -0.15) is 12.7 Å². The summed E-state index contributed by atoms with van der Waals surface area (Å²) in [6, 6.07) is 0.118. The fraction of sp³-hybridized carbons (Fsp3) is 1.00. The first-order valence-corrected chi connectivity index (χ1v) is 9.98. The van der Waals surface area contributed by atoms with Gasteiger partial charge in [-0.05, 0) is 56.4 Å². The van der Waals surface area contributed by atoms with Crippen LogP contribution < -0.4 is 10.0 Å². The van der Waals surface area contributed by atoms with Crippen LogP contribution in [0.3, 0.4) is 0 Å². The van der Waals surface area contributed by atoms with Crippen molar-refractivity contribution >= 4 is 10.2 Å². The topological polar surface area (TPSA) is 61.4 Å². The summed E-state index contributed by atoms with van der Waals surface area (Å²) in [5.41, 5.74) is 0.319. The second-order valence-electron chi connectivity index (χ2n) is 7.03. The largest absolute Gasteiger partial charge is 0.315 e. The Hall–Kier alpha value is -0.170. The molecule has 1 saturated heterocycles. The van der Waals surface area contributed by atoms with Crippen molar-refractivity contribution in [2.45, 2.75) is 57.9 Å². The van der Waals surface area contributed by atoms with Gasteiger partial charge in [0.25, 0.3) is 10.2 Å². The molecule has 1 unspecified atom stereocenters. The average molecular weight is 315 g/mol. The molecule has 0 aromatic rings. The van der Waals surface area contributed by atoms with Crippen molar-refractivity contribution in [1.82, 2.24) is 14.3 Å². The molecule has 0 spiro atoms. The third kappa shape index (κ3) is 3.60. The molecule has 0 radical (unpaired) electrons. The average Bonchev–Trinajstić information content (AvgIpc) is 3.36. The summed E-state index contributed by atoms with van der Waals surface area (Å²) in [5, 5.41) is 3.30. The van der Waals surface area contributed by atoms with Crippen LogP contribution in [0.4, 0.5) is 0 Å². The van der Waals surface area contributed by atoms with Crippen LogP contribution in [0.15, 0.2) is 0 Å². The zero-order valence-corrected chi connectivity index (χ0v) is 13.9. The molecule has 1 heterocycles. The van der Waals surface area contributed by atoms with Crippen molar-refractivity contribution in [2.75, 3.05) is 26.2 Å². The minimum atomic E-state index is -3.32. The number of likely N-dealkylation sites (N-methyl/N-ethyl adjacent to an activating group) is 1. The zero-order valence-electron chi connectivity index (χ0n) is 13.1. The molecule has 1 aliphatic heterocycles. The standard InChI is InChI=1S/C15H29N3O2S/c1-2-16-11-14-5-3-4-10-18(14)21(19,20)17-12-15(8-9-15)13-6-7-13/h13-14,16-17H,2-12H2,1H3. The van der Waals surface area contributed by atoms with Gasteiger partial charge in [0, 0.05) is 25.7 Å². The van der Waals surface area contributed by atoms with Crippen molar-refractivity contribution in [3.05, 3.63) is 0 Å². The van der Waals surface area contributed by atoms with Gasteiger partial charge in [-0.1, -0.05) is 13.3 Å². The summed E-state index contributed by atoms with van der Waals surface area (Å²) < 4.78 is 30.0. The lowest BCUT2D eigenvalue weighted by Gasteiger charge is -2.35. The van der Waals surface area contributed by atoms with Gasteiger partial charge in [-0.25, -0.2) is 4.72 Å². The number of nitrogens with one attached hydrogen (secondary N) is 2. The van der Waals surface area contributed by atoms with E-state index in [1.54, 1.807) is 4.31 Å². The molecule has 2 aliphatic carbocycles. The second-order valence-corrected chi connectivity index (χ2v) is 8.74. The van der Waals surface area contributed by atoms with E-state index in [9.17, 15) is 8.42 Å². The van der Waals surface area contributed by atoms with E-state index >= 15 is 0 Å². The molecule has 5 nitrogen and oxygen atoms in total. The Morgan fingerprint density at radius 3 is 2.57 bits per heavy atom. The van der Waals surface area contributed by atoms with E-state index in [2.05, 4.69) is 17.0 Å². The molecule has 0 aromatic carbocycles. The highest BCUT2D eigenvalue weighted by molar-refractivity contribution is 7.87.